The van der Waals surface area contributed by atoms with E-state index in [0.717, 1.165) is 38.3 Å². The molecule has 6 rings (SSSR count). The van der Waals surface area contributed by atoms with Crippen LogP contribution in [-0.2, 0) is 4.65 Å². The summed E-state index contributed by atoms with van der Waals surface area (Å²) in [6, 6.07) is 24.4. The van der Waals surface area contributed by atoms with Crippen molar-refractivity contribution in [2.45, 2.75) is 38.9 Å². The maximum absolute atomic E-state index is 10.6. The smallest absolute Gasteiger partial charge is 0.317 e. The Morgan fingerprint density at radius 2 is 1.54 bits per heavy atom. The van der Waals surface area contributed by atoms with Gasteiger partial charge in [-0.3, -0.25) is 0 Å². The molecule has 174 valence electrons. The van der Waals surface area contributed by atoms with Crippen molar-refractivity contribution < 1.29 is 18.6 Å². The number of furan rings is 1. The minimum atomic E-state index is -1.04. The fourth-order valence-corrected chi connectivity index (χ4v) is 4.32. The minimum absolute atomic E-state index is 0.205. The van der Waals surface area contributed by atoms with Gasteiger partial charge in [0.1, 0.15) is 16.7 Å². The molecule has 35 heavy (non-hydrogen) atoms. The first kappa shape index (κ1) is 21.9. The fourth-order valence-electron chi connectivity index (χ4n) is 4.32. The van der Waals surface area contributed by atoms with Crippen LogP contribution < -0.4 is 5.46 Å². The van der Waals surface area contributed by atoms with Gasteiger partial charge in [-0.2, -0.15) is 0 Å². The zero-order chi connectivity index (χ0) is 24.4. The molecule has 0 unspecified atom stereocenters. The Hall–Kier alpha value is -3.61. The van der Waals surface area contributed by atoms with E-state index in [2.05, 4.69) is 24.3 Å². The maximum atomic E-state index is 10.6. The first-order valence-corrected chi connectivity index (χ1v) is 11.8. The van der Waals surface area contributed by atoms with Crippen LogP contribution in [0.3, 0.4) is 0 Å². The number of aliphatic hydroxyl groups is 1. The van der Waals surface area contributed by atoms with Crippen molar-refractivity contribution in [3.05, 3.63) is 72.8 Å². The lowest BCUT2D eigenvalue weighted by molar-refractivity contribution is -0.0893. The summed E-state index contributed by atoms with van der Waals surface area (Å²) < 4.78 is 18.9. The Kier molecular flexibility index (Phi) is 4.82. The number of benzene rings is 4. The van der Waals surface area contributed by atoms with E-state index in [9.17, 15) is 5.11 Å². The Bertz CT molecular complexity index is 1720. The molecular weight excluding hydrogens is 437 g/mol. The van der Waals surface area contributed by atoms with E-state index >= 15 is 0 Å². The molecule has 1 N–H and O–H groups in total. The van der Waals surface area contributed by atoms with Crippen LogP contribution in [0.4, 0.5) is 0 Å². The number of hydrogen-bond acceptors (Lipinski definition) is 5. The van der Waals surface area contributed by atoms with Crippen molar-refractivity contribution in [1.82, 2.24) is 4.98 Å². The summed E-state index contributed by atoms with van der Waals surface area (Å²) in [6.07, 6.45) is 0. The topological polar surface area (TPSA) is 68.6 Å². The molecule has 0 saturated heterocycles. The Labute approximate surface area is 203 Å². The van der Waals surface area contributed by atoms with Gasteiger partial charge in [-0.15, -0.1) is 0 Å². The Morgan fingerprint density at radius 1 is 0.800 bits per heavy atom. The van der Waals surface area contributed by atoms with Gasteiger partial charge in [-0.1, -0.05) is 48.5 Å². The Morgan fingerprint density at radius 3 is 2.34 bits per heavy atom. The molecular formula is C29H26BNO4. The summed E-state index contributed by atoms with van der Waals surface area (Å²) in [7, 11) is 0.205. The molecule has 6 heteroatoms. The van der Waals surface area contributed by atoms with Crippen LogP contribution >= 0.6 is 0 Å². The molecule has 0 fully saturated rings. The molecule has 0 saturated carbocycles. The number of aromatic nitrogens is 1. The van der Waals surface area contributed by atoms with Crippen molar-refractivity contribution >= 4 is 56.8 Å². The molecule has 2 aromatic heterocycles. The quantitative estimate of drug-likeness (QED) is 0.314. The molecule has 0 bridgehead atoms. The number of nitrogens with zero attached hydrogens (tertiary/aromatic N) is 1. The van der Waals surface area contributed by atoms with Crippen LogP contribution in [0.25, 0.3) is 55.3 Å². The highest BCUT2D eigenvalue weighted by atomic mass is 16.5. The largest absolute Gasteiger partial charge is 0.456 e. The number of oxazole rings is 1. The molecule has 0 spiro atoms. The average molecular weight is 463 g/mol. The van der Waals surface area contributed by atoms with Crippen LogP contribution in [0.2, 0.25) is 0 Å². The second kappa shape index (κ2) is 7.70. The first-order chi connectivity index (χ1) is 16.7. The van der Waals surface area contributed by atoms with Gasteiger partial charge in [-0.25, -0.2) is 4.98 Å². The summed E-state index contributed by atoms with van der Waals surface area (Å²) in [5, 5.41) is 14.9. The van der Waals surface area contributed by atoms with E-state index in [1.54, 1.807) is 13.8 Å². The van der Waals surface area contributed by atoms with E-state index in [0.29, 0.717) is 17.1 Å². The van der Waals surface area contributed by atoms with E-state index in [4.69, 9.17) is 18.5 Å². The molecule has 5 nitrogen and oxygen atoms in total. The van der Waals surface area contributed by atoms with Gasteiger partial charge in [0.25, 0.3) is 0 Å². The van der Waals surface area contributed by atoms with Crippen molar-refractivity contribution in [3.63, 3.8) is 0 Å². The summed E-state index contributed by atoms with van der Waals surface area (Å²) in [4.78, 5) is 4.87. The molecule has 0 aliphatic carbocycles. The van der Waals surface area contributed by atoms with Gasteiger partial charge in [0.2, 0.25) is 5.89 Å². The second-order valence-electron chi connectivity index (χ2n) is 10.1. The van der Waals surface area contributed by atoms with E-state index in [1.165, 1.54) is 5.39 Å². The van der Waals surface area contributed by atoms with Gasteiger partial charge in [0, 0.05) is 21.8 Å². The number of fused-ring (bicyclic) bond motifs is 5. The predicted octanol–water partition coefficient (Wildman–Crippen LogP) is 6.09. The minimum Gasteiger partial charge on any atom is -0.456 e. The SMILES string of the molecule is CC(C)(O)C(C)(C)OBc1c2oc(-c3ccc4ccccc4c3)nc2cc2c1oc1ccccc12. The molecule has 0 radical (unpaired) electrons. The van der Waals surface area contributed by atoms with Gasteiger partial charge in [0.05, 0.1) is 11.2 Å². The lowest BCUT2D eigenvalue weighted by atomic mass is 9.81. The highest BCUT2D eigenvalue weighted by Gasteiger charge is 2.36. The van der Waals surface area contributed by atoms with Crippen LogP contribution in [0, 0.1) is 0 Å². The first-order valence-electron chi connectivity index (χ1n) is 11.8. The number of hydrogen-bond donors (Lipinski definition) is 1. The monoisotopic (exact) mass is 463 g/mol. The highest BCUT2D eigenvalue weighted by Crippen LogP contribution is 2.34. The molecule has 0 aliphatic heterocycles. The Balaban J connectivity index is 1.55. The van der Waals surface area contributed by atoms with Crippen LogP contribution in [-0.4, -0.2) is 28.8 Å². The van der Waals surface area contributed by atoms with Crippen LogP contribution in [0.1, 0.15) is 27.7 Å². The van der Waals surface area contributed by atoms with Gasteiger partial charge in [-0.05, 0) is 62.7 Å². The maximum Gasteiger partial charge on any atom is 0.317 e. The summed E-state index contributed by atoms with van der Waals surface area (Å²) in [5.41, 5.74) is 2.74. The molecule has 0 amide bonds. The van der Waals surface area contributed by atoms with Crippen molar-refractivity contribution in [2.24, 2.45) is 0 Å². The zero-order valence-electron chi connectivity index (χ0n) is 20.3. The van der Waals surface area contributed by atoms with Crippen molar-refractivity contribution in [2.75, 3.05) is 0 Å². The lowest BCUT2D eigenvalue weighted by Gasteiger charge is -2.37. The zero-order valence-corrected chi connectivity index (χ0v) is 20.3. The summed E-state index contributed by atoms with van der Waals surface area (Å²) >= 11 is 0. The second-order valence-corrected chi connectivity index (χ2v) is 10.1. The third-order valence-corrected chi connectivity index (χ3v) is 7.16. The average Bonchev–Trinajstić information content (AvgIpc) is 3.42. The van der Waals surface area contributed by atoms with Gasteiger partial charge >= 0.3 is 7.48 Å². The van der Waals surface area contributed by atoms with E-state index in [-0.39, 0.29) is 7.48 Å². The normalized spacial score (nSPS) is 12.8. The molecule has 2 heterocycles. The molecule has 6 aromatic rings. The number of para-hydroxylation sites is 1. The number of rotatable bonds is 5. The summed E-state index contributed by atoms with van der Waals surface area (Å²) in [6.45, 7) is 7.25. The molecule has 4 aromatic carbocycles. The third kappa shape index (κ3) is 3.61. The van der Waals surface area contributed by atoms with Gasteiger partial charge in [0.15, 0.2) is 5.58 Å². The van der Waals surface area contributed by atoms with Crippen molar-refractivity contribution in [1.29, 1.82) is 0 Å². The molecule has 0 atom stereocenters. The summed E-state index contributed by atoms with van der Waals surface area (Å²) in [5.74, 6) is 0.547. The molecule has 0 aliphatic rings. The predicted molar refractivity (Wildman–Crippen MR) is 142 cm³/mol. The fraction of sp³-hybridized carbons (Fsp3) is 0.207. The standard InChI is InChI=1S/C29H26BNO4/c1-28(2,32)29(3,4)35-30-24-25-21(20-11-7-8-12-23(20)33-25)16-22-26(24)34-27(31-22)19-14-13-17-9-5-6-10-18(17)15-19/h5-16,30,32H,1-4H3. The van der Waals surface area contributed by atoms with Crippen LogP contribution in [0.15, 0.2) is 81.6 Å². The highest BCUT2D eigenvalue weighted by molar-refractivity contribution is 6.55. The van der Waals surface area contributed by atoms with E-state index in [1.807, 2.05) is 62.4 Å². The lowest BCUT2D eigenvalue weighted by Crippen LogP contribution is -2.49. The third-order valence-electron chi connectivity index (χ3n) is 7.16. The van der Waals surface area contributed by atoms with Crippen molar-refractivity contribution in [3.8, 4) is 11.5 Å². The van der Waals surface area contributed by atoms with Crippen LogP contribution in [0.5, 0.6) is 0 Å². The van der Waals surface area contributed by atoms with E-state index < -0.39 is 11.2 Å². The van der Waals surface area contributed by atoms with Gasteiger partial charge < -0.3 is 18.6 Å².